The van der Waals surface area contributed by atoms with Crippen molar-refractivity contribution in [1.82, 2.24) is 24.6 Å². The number of pyridine rings is 1. The van der Waals surface area contributed by atoms with Crippen LogP contribution in [0, 0.1) is 0 Å². The molecule has 3 heterocycles. The van der Waals surface area contributed by atoms with Crippen molar-refractivity contribution in [2.75, 3.05) is 38.2 Å². The zero-order valence-corrected chi connectivity index (χ0v) is 16.8. The maximum absolute atomic E-state index is 12.8. The fraction of sp³-hybridized carbons (Fsp3) is 0.333. The first-order valence-electron chi connectivity index (χ1n) is 9.81. The predicted molar refractivity (Wildman–Crippen MR) is 110 cm³/mol. The molecule has 0 bridgehead atoms. The average Bonchev–Trinajstić information content (AvgIpc) is 3.27. The summed E-state index contributed by atoms with van der Waals surface area (Å²) in [7, 11) is 1.60. The van der Waals surface area contributed by atoms with E-state index in [1.165, 1.54) is 11.0 Å². The Kier molecular flexibility index (Phi) is 5.89. The molecule has 30 heavy (non-hydrogen) atoms. The Hall–Kier alpha value is -3.46. The highest BCUT2D eigenvalue weighted by Gasteiger charge is 2.25. The number of aromatic nitrogens is 4. The van der Waals surface area contributed by atoms with Crippen LogP contribution in [0.5, 0.6) is 5.75 Å². The number of benzene rings is 1. The number of ether oxygens (including phenoxy) is 1. The van der Waals surface area contributed by atoms with Gasteiger partial charge in [0.15, 0.2) is 0 Å². The summed E-state index contributed by atoms with van der Waals surface area (Å²) in [5, 5.41) is 14.7. The molecule has 0 saturated carbocycles. The van der Waals surface area contributed by atoms with E-state index in [9.17, 15) is 9.90 Å². The Bertz CT molecular complexity index is 968. The number of aliphatic hydroxyl groups excluding tert-OH is 1. The van der Waals surface area contributed by atoms with E-state index in [1.807, 2.05) is 18.2 Å². The molecule has 9 nitrogen and oxygen atoms in total. The molecular weight excluding hydrogens is 384 g/mol. The largest absolute Gasteiger partial charge is 0.497 e. The molecule has 0 radical (unpaired) electrons. The summed E-state index contributed by atoms with van der Waals surface area (Å²) in [4.78, 5) is 25.2. The van der Waals surface area contributed by atoms with E-state index in [-0.39, 0.29) is 18.3 Å². The van der Waals surface area contributed by atoms with E-state index in [0.717, 1.165) is 17.1 Å². The van der Waals surface area contributed by atoms with Gasteiger partial charge in [0, 0.05) is 32.4 Å². The molecule has 1 fully saturated rings. The van der Waals surface area contributed by atoms with Gasteiger partial charge >= 0.3 is 0 Å². The van der Waals surface area contributed by atoms with Gasteiger partial charge in [-0.2, -0.15) is 0 Å². The van der Waals surface area contributed by atoms with Crippen molar-refractivity contribution in [1.29, 1.82) is 0 Å². The molecule has 1 aromatic carbocycles. The van der Waals surface area contributed by atoms with Gasteiger partial charge in [0.05, 0.1) is 19.8 Å². The van der Waals surface area contributed by atoms with Gasteiger partial charge in [0.1, 0.15) is 17.9 Å². The number of aliphatic hydroxyl groups is 1. The summed E-state index contributed by atoms with van der Waals surface area (Å²) in [6.07, 6.45) is 2.48. The van der Waals surface area contributed by atoms with E-state index in [2.05, 4.69) is 20.0 Å². The predicted octanol–water partition coefficient (Wildman–Crippen LogP) is 1.38. The normalized spacial score (nSPS) is 15.1. The smallest absolute Gasteiger partial charge is 0.293 e. The lowest BCUT2D eigenvalue weighted by atomic mass is 10.1. The minimum absolute atomic E-state index is 0.142. The lowest BCUT2D eigenvalue weighted by Crippen LogP contribution is -2.49. The second-order valence-electron chi connectivity index (χ2n) is 7.05. The molecule has 1 amide bonds. The van der Waals surface area contributed by atoms with Crippen LogP contribution in [-0.2, 0) is 6.54 Å². The van der Waals surface area contributed by atoms with Crippen molar-refractivity contribution in [2.24, 2.45) is 0 Å². The molecule has 0 spiro atoms. The number of piperazine rings is 1. The van der Waals surface area contributed by atoms with Crippen molar-refractivity contribution in [3.05, 3.63) is 66.4 Å². The molecule has 9 heteroatoms. The fourth-order valence-corrected chi connectivity index (χ4v) is 3.41. The number of hydrogen-bond donors (Lipinski definition) is 1. The van der Waals surface area contributed by atoms with Crippen molar-refractivity contribution in [3.8, 4) is 5.75 Å². The molecule has 3 aromatic rings. The van der Waals surface area contributed by atoms with Crippen LogP contribution >= 0.6 is 0 Å². The van der Waals surface area contributed by atoms with Crippen LogP contribution in [0.25, 0.3) is 0 Å². The summed E-state index contributed by atoms with van der Waals surface area (Å²) in [6, 6.07) is 13.0. The molecule has 1 atom stereocenters. The highest BCUT2D eigenvalue weighted by atomic mass is 16.5. The van der Waals surface area contributed by atoms with E-state index >= 15 is 0 Å². The van der Waals surface area contributed by atoms with Crippen molar-refractivity contribution < 1.29 is 14.6 Å². The molecule has 0 aliphatic carbocycles. The number of anilines is 1. The number of nitrogens with zero attached hydrogens (tertiary/aromatic N) is 6. The number of methoxy groups -OCH3 is 1. The standard InChI is InChI=1S/C21H24N6O3/c1-30-17-7-5-16(6-8-17)18(28)14-27-15-23-20(24-27)21(29)26-12-10-25(11-13-26)19-4-2-3-9-22-19/h2-9,15,18,28H,10-14H2,1H3/t18-/m1/s1. The second kappa shape index (κ2) is 8.91. The second-order valence-corrected chi connectivity index (χ2v) is 7.05. The summed E-state index contributed by atoms with van der Waals surface area (Å²) < 4.78 is 6.62. The quantitative estimate of drug-likeness (QED) is 0.658. The van der Waals surface area contributed by atoms with Gasteiger partial charge < -0.3 is 19.6 Å². The van der Waals surface area contributed by atoms with Gasteiger partial charge in [-0.25, -0.2) is 14.6 Å². The van der Waals surface area contributed by atoms with Crippen molar-refractivity contribution in [3.63, 3.8) is 0 Å². The van der Waals surface area contributed by atoms with Crippen molar-refractivity contribution >= 4 is 11.7 Å². The van der Waals surface area contributed by atoms with E-state index in [4.69, 9.17) is 4.74 Å². The molecule has 1 saturated heterocycles. The molecular formula is C21H24N6O3. The number of carbonyl (C=O) groups is 1. The van der Waals surface area contributed by atoms with Gasteiger partial charge in [-0.3, -0.25) is 4.79 Å². The minimum Gasteiger partial charge on any atom is -0.497 e. The van der Waals surface area contributed by atoms with Crippen LogP contribution in [0.2, 0.25) is 0 Å². The third kappa shape index (κ3) is 4.41. The highest BCUT2D eigenvalue weighted by molar-refractivity contribution is 5.90. The lowest BCUT2D eigenvalue weighted by Gasteiger charge is -2.34. The molecule has 1 N–H and O–H groups in total. The highest BCUT2D eigenvalue weighted by Crippen LogP contribution is 2.19. The first-order valence-corrected chi connectivity index (χ1v) is 9.81. The zero-order chi connectivity index (χ0) is 20.9. The van der Waals surface area contributed by atoms with E-state index < -0.39 is 6.10 Å². The minimum atomic E-state index is -0.762. The monoisotopic (exact) mass is 408 g/mol. The summed E-state index contributed by atoms with van der Waals surface area (Å²) >= 11 is 0. The van der Waals surface area contributed by atoms with Crippen LogP contribution < -0.4 is 9.64 Å². The van der Waals surface area contributed by atoms with Gasteiger partial charge in [-0.1, -0.05) is 18.2 Å². The Morgan fingerprint density at radius 3 is 2.53 bits per heavy atom. The maximum Gasteiger partial charge on any atom is 0.293 e. The van der Waals surface area contributed by atoms with Gasteiger partial charge in [0.2, 0.25) is 5.82 Å². The molecule has 156 valence electrons. The van der Waals surface area contributed by atoms with Gasteiger partial charge in [-0.15, -0.1) is 5.10 Å². The van der Waals surface area contributed by atoms with Crippen molar-refractivity contribution in [2.45, 2.75) is 12.6 Å². The first kappa shape index (κ1) is 19.8. The Morgan fingerprint density at radius 2 is 1.87 bits per heavy atom. The molecule has 4 rings (SSSR count). The fourth-order valence-electron chi connectivity index (χ4n) is 3.41. The number of carbonyl (C=O) groups excluding carboxylic acids is 1. The van der Waals surface area contributed by atoms with Gasteiger partial charge in [-0.05, 0) is 29.8 Å². The summed E-state index contributed by atoms with van der Waals surface area (Å²) in [6.45, 7) is 2.79. The average molecular weight is 408 g/mol. The topological polar surface area (TPSA) is 96.6 Å². The Labute approximate surface area is 174 Å². The van der Waals surface area contributed by atoms with Crippen LogP contribution in [0.4, 0.5) is 5.82 Å². The molecule has 1 aliphatic heterocycles. The van der Waals surface area contributed by atoms with E-state index in [0.29, 0.717) is 26.2 Å². The number of amides is 1. The lowest BCUT2D eigenvalue weighted by molar-refractivity contribution is 0.0732. The van der Waals surface area contributed by atoms with Crippen LogP contribution in [-0.4, -0.2) is 69.0 Å². The third-order valence-electron chi connectivity index (χ3n) is 5.13. The van der Waals surface area contributed by atoms with Crippen LogP contribution in [0.15, 0.2) is 55.0 Å². The first-order chi connectivity index (χ1) is 14.6. The molecule has 2 aromatic heterocycles. The summed E-state index contributed by atoms with van der Waals surface area (Å²) in [5.74, 6) is 1.58. The summed E-state index contributed by atoms with van der Waals surface area (Å²) in [5.41, 5.74) is 0.741. The molecule has 1 aliphatic rings. The SMILES string of the molecule is COc1ccc([C@H](O)Cn2cnc(C(=O)N3CCN(c4ccccn4)CC3)n2)cc1. The number of hydrogen-bond acceptors (Lipinski definition) is 7. The molecule has 0 unspecified atom stereocenters. The zero-order valence-electron chi connectivity index (χ0n) is 16.8. The maximum atomic E-state index is 12.8. The Morgan fingerprint density at radius 1 is 1.10 bits per heavy atom. The number of rotatable bonds is 6. The van der Waals surface area contributed by atoms with Crippen LogP contribution in [0.3, 0.4) is 0 Å². The third-order valence-corrected chi connectivity index (χ3v) is 5.13. The van der Waals surface area contributed by atoms with E-state index in [1.54, 1.807) is 42.5 Å². The van der Waals surface area contributed by atoms with Crippen LogP contribution in [0.1, 0.15) is 22.3 Å². The van der Waals surface area contributed by atoms with Gasteiger partial charge in [0.25, 0.3) is 5.91 Å². The Balaban J connectivity index is 1.33.